The number of hydrogen-bond acceptors (Lipinski definition) is 5. The van der Waals surface area contributed by atoms with E-state index in [1.165, 1.54) is 23.3 Å². The molecular formula is C17H16ClN5O2. The first-order valence-electron chi connectivity index (χ1n) is 7.61. The van der Waals surface area contributed by atoms with Gasteiger partial charge in [0, 0.05) is 35.3 Å². The van der Waals surface area contributed by atoms with E-state index in [1.54, 1.807) is 38.5 Å². The molecule has 0 saturated carbocycles. The van der Waals surface area contributed by atoms with Crippen LogP contribution in [0, 0.1) is 0 Å². The van der Waals surface area contributed by atoms with Crippen LogP contribution >= 0.6 is 11.6 Å². The molecule has 3 aromatic rings. The van der Waals surface area contributed by atoms with Gasteiger partial charge in [-0.25, -0.2) is 19.4 Å². The van der Waals surface area contributed by atoms with Crippen LogP contribution in [0.5, 0.6) is 0 Å². The molecule has 128 valence electrons. The lowest BCUT2D eigenvalue weighted by molar-refractivity contribution is -0.141. The van der Waals surface area contributed by atoms with Crippen LogP contribution in [-0.2, 0) is 9.53 Å². The summed E-state index contributed by atoms with van der Waals surface area (Å²) in [6, 6.07) is 5.45. The Hall–Kier alpha value is -2.93. The van der Waals surface area contributed by atoms with Crippen molar-refractivity contribution in [1.82, 2.24) is 24.3 Å². The van der Waals surface area contributed by atoms with Gasteiger partial charge in [0.25, 0.3) is 0 Å². The number of carbonyl (C=O) groups excluding carboxylic acids is 1. The van der Waals surface area contributed by atoms with E-state index in [0.29, 0.717) is 10.8 Å². The first kappa shape index (κ1) is 16.9. The van der Waals surface area contributed by atoms with Crippen LogP contribution in [-0.4, -0.2) is 36.4 Å². The molecule has 0 bridgehead atoms. The zero-order chi connectivity index (χ0) is 17.8. The summed E-state index contributed by atoms with van der Waals surface area (Å²) in [5.74, 6) is 0.0435. The third-order valence-electron chi connectivity index (χ3n) is 3.21. The van der Waals surface area contributed by atoms with Crippen molar-refractivity contribution in [2.24, 2.45) is 0 Å². The fourth-order valence-electron chi connectivity index (χ4n) is 2.19. The number of halogens is 1. The van der Waals surface area contributed by atoms with Gasteiger partial charge < -0.3 is 9.30 Å². The average Bonchev–Trinajstić information content (AvgIpc) is 3.24. The zero-order valence-electron chi connectivity index (χ0n) is 13.7. The van der Waals surface area contributed by atoms with Crippen LogP contribution in [0.4, 0.5) is 0 Å². The Morgan fingerprint density at radius 2 is 2.16 bits per heavy atom. The van der Waals surface area contributed by atoms with E-state index in [2.05, 4.69) is 15.1 Å². The van der Waals surface area contributed by atoms with Crippen molar-refractivity contribution < 1.29 is 9.53 Å². The predicted octanol–water partition coefficient (Wildman–Crippen LogP) is 3.21. The first-order valence-corrected chi connectivity index (χ1v) is 7.99. The molecule has 0 saturated heterocycles. The summed E-state index contributed by atoms with van der Waals surface area (Å²) in [7, 11) is 0. The number of aromatic nitrogens is 5. The second-order valence-corrected chi connectivity index (χ2v) is 5.92. The molecule has 1 aromatic carbocycles. The van der Waals surface area contributed by atoms with Gasteiger partial charge in [-0.1, -0.05) is 11.6 Å². The van der Waals surface area contributed by atoms with Gasteiger partial charge in [0.1, 0.15) is 6.33 Å². The predicted molar refractivity (Wildman–Crippen MR) is 94.1 cm³/mol. The number of benzene rings is 1. The van der Waals surface area contributed by atoms with Gasteiger partial charge in [-0.15, -0.1) is 5.10 Å². The van der Waals surface area contributed by atoms with Gasteiger partial charge in [0.15, 0.2) is 5.82 Å². The standard InChI is InChI=1S/C17H16ClN5O2/c1-12(2)25-16(24)5-7-23-11-20-17(21-23)14-9-13(18)3-4-15(14)22-8-6-19-10-22/h3-12H,1-2H3. The maximum Gasteiger partial charge on any atom is 0.332 e. The van der Waals surface area contributed by atoms with Crippen molar-refractivity contribution in [1.29, 1.82) is 0 Å². The molecule has 0 spiro atoms. The molecule has 0 amide bonds. The van der Waals surface area contributed by atoms with E-state index in [0.717, 1.165) is 11.3 Å². The van der Waals surface area contributed by atoms with E-state index in [1.807, 2.05) is 16.8 Å². The van der Waals surface area contributed by atoms with Crippen molar-refractivity contribution in [3.8, 4) is 17.1 Å². The summed E-state index contributed by atoms with van der Waals surface area (Å²) in [4.78, 5) is 19.9. The van der Waals surface area contributed by atoms with Gasteiger partial charge in [-0.05, 0) is 32.0 Å². The Kier molecular flexibility index (Phi) is 4.95. The quantitative estimate of drug-likeness (QED) is 0.517. The number of carbonyl (C=O) groups is 1. The largest absolute Gasteiger partial charge is 0.460 e. The summed E-state index contributed by atoms with van der Waals surface area (Å²) < 4.78 is 8.32. The summed E-state index contributed by atoms with van der Waals surface area (Å²) in [6.07, 6.45) is 9.32. The Bertz CT molecular complexity index is 900. The fraction of sp³-hybridized carbons (Fsp3) is 0.176. The van der Waals surface area contributed by atoms with Crippen molar-refractivity contribution in [2.45, 2.75) is 20.0 Å². The minimum absolute atomic E-state index is 0.173. The maximum absolute atomic E-state index is 11.6. The van der Waals surface area contributed by atoms with Gasteiger partial charge in [0.05, 0.1) is 18.1 Å². The number of nitrogens with zero attached hydrogens (tertiary/aromatic N) is 5. The Morgan fingerprint density at radius 1 is 1.32 bits per heavy atom. The van der Waals surface area contributed by atoms with Crippen molar-refractivity contribution in [3.63, 3.8) is 0 Å². The topological polar surface area (TPSA) is 74.8 Å². The molecule has 0 aliphatic rings. The van der Waals surface area contributed by atoms with E-state index >= 15 is 0 Å². The van der Waals surface area contributed by atoms with Crippen LogP contribution < -0.4 is 0 Å². The number of rotatable bonds is 5. The lowest BCUT2D eigenvalue weighted by Crippen LogP contribution is -2.08. The smallest absolute Gasteiger partial charge is 0.332 e. The van der Waals surface area contributed by atoms with E-state index in [4.69, 9.17) is 16.3 Å². The lowest BCUT2D eigenvalue weighted by Gasteiger charge is -2.08. The second kappa shape index (κ2) is 7.31. The summed E-state index contributed by atoms with van der Waals surface area (Å²) >= 11 is 6.12. The molecular weight excluding hydrogens is 342 g/mol. The number of ether oxygens (including phenoxy) is 1. The zero-order valence-corrected chi connectivity index (χ0v) is 14.5. The monoisotopic (exact) mass is 357 g/mol. The third-order valence-corrected chi connectivity index (χ3v) is 3.44. The van der Waals surface area contributed by atoms with Gasteiger partial charge >= 0.3 is 5.97 Å². The van der Waals surface area contributed by atoms with Crippen LogP contribution in [0.3, 0.4) is 0 Å². The minimum atomic E-state index is -0.436. The first-order chi connectivity index (χ1) is 12.0. The highest BCUT2D eigenvalue weighted by Gasteiger charge is 2.12. The lowest BCUT2D eigenvalue weighted by atomic mass is 10.1. The van der Waals surface area contributed by atoms with Crippen LogP contribution in [0.15, 0.2) is 49.3 Å². The average molecular weight is 358 g/mol. The van der Waals surface area contributed by atoms with Gasteiger partial charge in [-0.2, -0.15) is 0 Å². The molecule has 25 heavy (non-hydrogen) atoms. The van der Waals surface area contributed by atoms with Crippen molar-refractivity contribution in [3.05, 3.63) is 54.3 Å². The molecule has 0 fully saturated rings. The second-order valence-electron chi connectivity index (χ2n) is 5.48. The fourth-order valence-corrected chi connectivity index (χ4v) is 2.37. The molecule has 0 atom stereocenters. The van der Waals surface area contributed by atoms with Gasteiger partial charge in [-0.3, -0.25) is 0 Å². The highest BCUT2D eigenvalue weighted by molar-refractivity contribution is 6.31. The molecule has 7 nitrogen and oxygen atoms in total. The molecule has 0 N–H and O–H groups in total. The molecule has 0 unspecified atom stereocenters. The number of esters is 1. The van der Waals surface area contributed by atoms with Crippen LogP contribution in [0.1, 0.15) is 13.8 Å². The van der Waals surface area contributed by atoms with E-state index in [9.17, 15) is 4.79 Å². The molecule has 0 aliphatic carbocycles. The molecule has 0 radical (unpaired) electrons. The molecule has 2 aromatic heterocycles. The van der Waals surface area contributed by atoms with Gasteiger partial charge in [0.2, 0.25) is 0 Å². The van der Waals surface area contributed by atoms with Crippen molar-refractivity contribution >= 4 is 23.8 Å². The summed E-state index contributed by atoms with van der Waals surface area (Å²) in [6.45, 7) is 3.58. The highest BCUT2D eigenvalue weighted by Crippen LogP contribution is 2.27. The molecule has 0 aliphatic heterocycles. The Morgan fingerprint density at radius 3 is 2.88 bits per heavy atom. The Balaban J connectivity index is 1.89. The molecule has 3 rings (SSSR count). The summed E-state index contributed by atoms with van der Waals surface area (Å²) in [5.41, 5.74) is 1.60. The highest BCUT2D eigenvalue weighted by atomic mass is 35.5. The SMILES string of the molecule is CC(C)OC(=O)C=Cn1cnc(-c2cc(Cl)ccc2-n2ccnc2)n1. The normalized spacial score (nSPS) is 11.4. The number of imidazole rings is 1. The van der Waals surface area contributed by atoms with E-state index < -0.39 is 5.97 Å². The molecule has 8 heteroatoms. The molecule has 2 heterocycles. The number of hydrogen-bond donors (Lipinski definition) is 0. The van der Waals surface area contributed by atoms with Crippen LogP contribution in [0.2, 0.25) is 5.02 Å². The Labute approximate surface area is 149 Å². The van der Waals surface area contributed by atoms with E-state index in [-0.39, 0.29) is 6.10 Å². The van der Waals surface area contributed by atoms with Crippen LogP contribution in [0.25, 0.3) is 23.3 Å². The third kappa shape index (κ3) is 4.13. The maximum atomic E-state index is 11.6. The minimum Gasteiger partial charge on any atom is -0.460 e. The summed E-state index contributed by atoms with van der Waals surface area (Å²) in [5, 5.41) is 4.94. The van der Waals surface area contributed by atoms with Crippen molar-refractivity contribution in [2.75, 3.05) is 0 Å².